The number of rotatable bonds is 15. The molecule has 0 radical (unpaired) electrons. The van der Waals surface area contributed by atoms with Gasteiger partial charge in [-0.05, 0) is 38.5 Å². The number of carbonyl (C=O) groups excluding carboxylic acids is 1. The van der Waals surface area contributed by atoms with Gasteiger partial charge >= 0.3 is 0 Å². The molecule has 0 saturated heterocycles. The molecule has 0 aromatic carbocycles. The maximum absolute atomic E-state index is 11.9. The summed E-state index contributed by atoms with van der Waals surface area (Å²) in [5, 5.41) is 9.93. The first-order valence-electron chi connectivity index (χ1n) is 10.3. The van der Waals surface area contributed by atoms with Crippen molar-refractivity contribution in [1.29, 1.82) is 0 Å². The van der Waals surface area contributed by atoms with Gasteiger partial charge < -0.3 is 5.11 Å². The molecule has 152 valence electrons. The number of Topliss-reactive ketones (excluding diaryl/α,β-unsaturated/α-hetero) is 1. The second-order valence-corrected chi connectivity index (χ2v) is 6.70. The summed E-state index contributed by atoms with van der Waals surface area (Å²) in [7, 11) is 0. The molecule has 1 aromatic heterocycles. The molecule has 1 N–H and O–H groups in total. The van der Waals surface area contributed by atoms with E-state index in [1.807, 2.05) is 12.2 Å². The van der Waals surface area contributed by atoms with E-state index in [0.29, 0.717) is 25.0 Å². The van der Waals surface area contributed by atoms with Gasteiger partial charge in [-0.1, -0.05) is 68.4 Å². The van der Waals surface area contributed by atoms with E-state index in [2.05, 4.69) is 47.3 Å². The summed E-state index contributed by atoms with van der Waals surface area (Å²) in [4.78, 5) is 19.8. The number of nitrogens with zero attached hydrogens (tertiary/aromatic N) is 2. The molecule has 0 aliphatic rings. The molecular formula is C24H34N2O2. The lowest BCUT2D eigenvalue weighted by molar-refractivity contribution is 0.0969. The fourth-order valence-corrected chi connectivity index (χ4v) is 2.56. The van der Waals surface area contributed by atoms with E-state index < -0.39 is 6.10 Å². The van der Waals surface area contributed by atoms with Crippen molar-refractivity contribution >= 4 is 5.78 Å². The fourth-order valence-electron chi connectivity index (χ4n) is 2.56. The quantitative estimate of drug-likeness (QED) is 0.181. The number of unbranched alkanes of at least 4 members (excludes halogenated alkanes) is 3. The largest absolute Gasteiger partial charge is 0.389 e. The first-order chi connectivity index (χ1) is 13.7. The predicted molar refractivity (Wildman–Crippen MR) is 116 cm³/mol. The highest BCUT2D eigenvalue weighted by Gasteiger charge is 2.08. The number of allylic oxidation sites excluding steroid dienone is 7. The molecule has 1 aromatic rings. The first-order valence-corrected chi connectivity index (χ1v) is 10.3. The second kappa shape index (κ2) is 16.8. The van der Waals surface area contributed by atoms with E-state index in [9.17, 15) is 9.90 Å². The van der Waals surface area contributed by atoms with Crippen molar-refractivity contribution < 1.29 is 9.90 Å². The van der Waals surface area contributed by atoms with Crippen LogP contribution in [0, 0.1) is 0 Å². The van der Waals surface area contributed by atoms with Crippen LogP contribution in [0.1, 0.15) is 75.2 Å². The van der Waals surface area contributed by atoms with Gasteiger partial charge in [0, 0.05) is 18.8 Å². The SMILES string of the molecule is CCCCC/C=C\C/C=C\C/C=C\C=C\C(O)CCCC(=O)c1cnccn1. The zero-order valence-electron chi connectivity index (χ0n) is 17.0. The average Bonchev–Trinajstić information content (AvgIpc) is 2.72. The summed E-state index contributed by atoms with van der Waals surface area (Å²) in [6.45, 7) is 2.22. The molecule has 1 unspecified atom stereocenters. The van der Waals surface area contributed by atoms with Gasteiger partial charge in [0.05, 0.1) is 12.3 Å². The molecule has 1 rings (SSSR count). The lowest BCUT2D eigenvalue weighted by Crippen LogP contribution is -2.06. The minimum Gasteiger partial charge on any atom is -0.389 e. The van der Waals surface area contributed by atoms with Crippen LogP contribution in [0.3, 0.4) is 0 Å². The summed E-state index contributed by atoms with van der Waals surface area (Å²) < 4.78 is 0. The lowest BCUT2D eigenvalue weighted by Gasteiger charge is -2.04. The van der Waals surface area contributed by atoms with E-state index >= 15 is 0 Å². The third kappa shape index (κ3) is 12.9. The Bertz CT molecular complexity index is 633. The zero-order chi connectivity index (χ0) is 20.3. The van der Waals surface area contributed by atoms with Crippen molar-refractivity contribution in [3.05, 3.63) is 72.9 Å². The normalized spacial score (nSPS) is 13.4. The number of ketones is 1. The molecule has 0 aliphatic heterocycles. The highest BCUT2D eigenvalue weighted by Crippen LogP contribution is 2.07. The van der Waals surface area contributed by atoms with E-state index in [0.717, 1.165) is 12.8 Å². The van der Waals surface area contributed by atoms with Crippen LogP contribution in [-0.4, -0.2) is 27.0 Å². The van der Waals surface area contributed by atoms with Crippen LogP contribution in [0.2, 0.25) is 0 Å². The molecule has 4 heteroatoms. The average molecular weight is 383 g/mol. The van der Waals surface area contributed by atoms with Gasteiger partial charge in [0.25, 0.3) is 0 Å². The molecule has 0 amide bonds. The Morgan fingerprint density at radius 2 is 1.82 bits per heavy atom. The van der Waals surface area contributed by atoms with Crippen molar-refractivity contribution in [3.8, 4) is 0 Å². The maximum Gasteiger partial charge on any atom is 0.182 e. The van der Waals surface area contributed by atoms with Crippen molar-refractivity contribution in [2.45, 2.75) is 70.8 Å². The van der Waals surface area contributed by atoms with Gasteiger partial charge in [-0.15, -0.1) is 0 Å². The van der Waals surface area contributed by atoms with Gasteiger partial charge in [-0.2, -0.15) is 0 Å². The number of hydrogen-bond donors (Lipinski definition) is 1. The highest BCUT2D eigenvalue weighted by atomic mass is 16.3. The van der Waals surface area contributed by atoms with Crippen LogP contribution in [-0.2, 0) is 0 Å². The third-order valence-corrected chi connectivity index (χ3v) is 4.19. The first kappa shape index (κ1) is 23.7. The molecule has 0 bridgehead atoms. The van der Waals surface area contributed by atoms with Crippen LogP contribution >= 0.6 is 0 Å². The number of aromatic nitrogens is 2. The molecule has 28 heavy (non-hydrogen) atoms. The van der Waals surface area contributed by atoms with Crippen molar-refractivity contribution in [2.75, 3.05) is 0 Å². The van der Waals surface area contributed by atoms with Crippen molar-refractivity contribution in [3.63, 3.8) is 0 Å². The Balaban J connectivity index is 2.07. The molecule has 0 aliphatic carbocycles. The Morgan fingerprint density at radius 1 is 1.04 bits per heavy atom. The predicted octanol–water partition coefficient (Wildman–Crippen LogP) is 5.78. The van der Waals surface area contributed by atoms with Gasteiger partial charge in [-0.25, -0.2) is 4.98 Å². The maximum atomic E-state index is 11.9. The van der Waals surface area contributed by atoms with Crippen LogP contribution in [0.4, 0.5) is 0 Å². The Morgan fingerprint density at radius 3 is 2.57 bits per heavy atom. The van der Waals surface area contributed by atoms with Gasteiger partial charge in [0.2, 0.25) is 0 Å². The molecular weight excluding hydrogens is 348 g/mol. The van der Waals surface area contributed by atoms with Crippen LogP contribution in [0.5, 0.6) is 0 Å². The molecule has 4 nitrogen and oxygen atoms in total. The Kier molecular flexibility index (Phi) is 14.2. The molecule has 0 fully saturated rings. The van der Waals surface area contributed by atoms with Crippen LogP contribution < -0.4 is 0 Å². The third-order valence-electron chi connectivity index (χ3n) is 4.19. The van der Waals surface area contributed by atoms with Crippen molar-refractivity contribution in [2.24, 2.45) is 0 Å². The standard InChI is InChI=1S/C24H34N2O2/c1-2-3-4-5-6-7-8-9-10-11-12-13-14-16-22(27)17-15-18-24(28)23-21-25-19-20-26-23/h6-7,9-10,12-14,16,19-22,27H,2-5,8,11,15,17-18H2,1H3/b7-6-,10-9-,13-12-,16-14+. The molecule has 0 spiro atoms. The van der Waals surface area contributed by atoms with Gasteiger partial charge in [0.1, 0.15) is 5.69 Å². The summed E-state index contributed by atoms with van der Waals surface area (Å²) in [5.74, 6) is -0.0354. The van der Waals surface area contributed by atoms with E-state index in [4.69, 9.17) is 0 Å². The lowest BCUT2D eigenvalue weighted by atomic mass is 10.1. The number of aliphatic hydroxyl groups is 1. The van der Waals surface area contributed by atoms with E-state index in [-0.39, 0.29) is 5.78 Å². The highest BCUT2D eigenvalue weighted by molar-refractivity contribution is 5.93. The van der Waals surface area contributed by atoms with Crippen molar-refractivity contribution in [1.82, 2.24) is 9.97 Å². The fraction of sp³-hybridized carbons (Fsp3) is 0.458. The summed E-state index contributed by atoms with van der Waals surface area (Å²) >= 11 is 0. The minimum absolute atomic E-state index is 0.0354. The van der Waals surface area contributed by atoms with Crippen LogP contribution in [0.25, 0.3) is 0 Å². The van der Waals surface area contributed by atoms with Crippen LogP contribution in [0.15, 0.2) is 67.2 Å². The van der Waals surface area contributed by atoms with Gasteiger partial charge in [0.15, 0.2) is 5.78 Å². The Hall–Kier alpha value is -2.33. The smallest absolute Gasteiger partial charge is 0.182 e. The van der Waals surface area contributed by atoms with E-state index in [1.165, 1.54) is 38.1 Å². The van der Waals surface area contributed by atoms with Gasteiger partial charge in [-0.3, -0.25) is 9.78 Å². The molecule has 1 heterocycles. The minimum atomic E-state index is -0.535. The topological polar surface area (TPSA) is 63.1 Å². The number of hydrogen-bond acceptors (Lipinski definition) is 4. The monoisotopic (exact) mass is 382 g/mol. The zero-order valence-corrected chi connectivity index (χ0v) is 17.0. The summed E-state index contributed by atoms with van der Waals surface area (Å²) in [5.41, 5.74) is 0.385. The molecule has 1 atom stereocenters. The second-order valence-electron chi connectivity index (χ2n) is 6.70. The molecule has 0 saturated carbocycles. The number of carbonyl (C=O) groups is 1. The summed E-state index contributed by atoms with van der Waals surface area (Å²) in [6, 6.07) is 0. The Labute approximate surface area is 169 Å². The number of aliphatic hydroxyl groups excluding tert-OH is 1. The van der Waals surface area contributed by atoms with E-state index in [1.54, 1.807) is 12.3 Å². The summed E-state index contributed by atoms with van der Waals surface area (Å²) in [6.07, 6.45) is 28.9.